The van der Waals surface area contributed by atoms with E-state index in [-0.39, 0.29) is 11.8 Å². The van der Waals surface area contributed by atoms with Gasteiger partial charge in [0.25, 0.3) is 5.91 Å². The smallest absolute Gasteiger partial charge is 0.255 e. The third kappa shape index (κ3) is 3.27. The number of aryl methyl sites for hydroxylation is 1. The summed E-state index contributed by atoms with van der Waals surface area (Å²) in [5.74, 6) is -0.364. The number of rotatable bonds is 4. The zero-order valence-corrected chi connectivity index (χ0v) is 13.6. The molecular weight excluding hydrogens is 304 g/mol. The Kier molecular flexibility index (Phi) is 4.84. The lowest BCUT2D eigenvalue weighted by Gasteiger charge is -2.32. The Labute approximate surface area is 140 Å². The molecular formula is C18H20N4O2. The van der Waals surface area contributed by atoms with E-state index in [1.165, 1.54) is 12.5 Å². The summed E-state index contributed by atoms with van der Waals surface area (Å²) in [6, 6.07) is 9.01. The highest BCUT2D eigenvalue weighted by atomic mass is 16.2. The van der Waals surface area contributed by atoms with E-state index in [9.17, 15) is 9.59 Å². The third-order valence-electron chi connectivity index (χ3n) is 4.19. The monoisotopic (exact) mass is 324 g/mol. The molecule has 0 spiro atoms. The average Bonchev–Trinajstić information content (AvgIpc) is 2.64. The van der Waals surface area contributed by atoms with Crippen LogP contribution >= 0.6 is 0 Å². The van der Waals surface area contributed by atoms with Crippen LogP contribution in [-0.2, 0) is 11.2 Å². The number of aromatic nitrogens is 2. The molecule has 2 aromatic rings. The summed E-state index contributed by atoms with van der Waals surface area (Å²) >= 11 is 0. The normalized spacial score (nSPS) is 17.6. The second kappa shape index (κ2) is 7.21. The maximum atomic E-state index is 12.7. The van der Waals surface area contributed by atoms with E-state index in [2.05, 4.69) is 15.3 Å². The number of carbonyl (C=O) groups is 2. The first-order valence-corrected chi connectivity index (χ1v) is 8.17. The molecule has 0 saturated carbocycles. The molecule has 1 fully saturated rings. The van der Waals surface area contributed by atoms with Crippen LogP contribution < -0.4 is 10.2 Å². The van der Waals surface area contributed by atoms with Crippen molar-refractivity contribution in [2.24, 2.45) is 0 Å². The third-order valence-corrected chi connectivity index (χ3v) is 4.19. The molecule has 1 unspecified atom stereocenters. The number of hydrogen-bond acceptors (Lipinski definition) is 4. The van der Waals surface area contributed by atoms with Gasteiger partial charge in [-0.2, -0.15) is 0 Å². The Morgan fingerprint density at radius 3 is 2.88 bits per heavy atom. The highest BCUT2D eigenvalue weighted by Crippen LogP contribution is 2.21. The number of benzene rings is 1. The molecule has 2 amide bonds. The second-order valence-corrected chi connectivity index (χ2v) is 5.73. The Morgan fingerprint density at radius 1 is 1.33 bits per heavy atom. The number of anilines is 1. The van der Waals surface area contributed by atoms with Crippen molar-refractivity contribution in [2.45, 2.75) is 32.2 Å². The Hall–Kier alpha value is -2.76. The molecule has 1 aliphatic rings. The van der Waals surface area contributed by atoms with Crippen LogP contribution in [0.4, 0.5) is 5.69 Å². The van der Waals surface area contributed by atoms with Gasteiger partial charge < -0.3 is 10.2 Å². The predicted octanol–water partition coefficient (Wildman–Crippen LogP) is 1.96. The predicted molar refractivity (Wildman–Crippen MR) is 90.7 cm³/mol. The molecule has 1 N–H and O–H groups in total. The van der Waals surface area contributed by atoms with Crippen molar-refractivity contribution < 1.29 is 9.59 Å². The van der Waals surface area contributed by atoms with E-state index in [0.29, 0.717) is 30.6 Å². The van der Waals surface area contributed by atoms with Gasteiger partial charge in [-0.1, -0.05) is 25.1 Å². The van der Waals surface area contributed by atoms with Crippen molar-refractivity contribution in [2.75, 3.05) is 11.4 Å². The van der Waals surface area contributed by atoms with E-state index in [0.717, 1.165) is 12.1 Å². The summed E-state index contributed by atoms with van der Waals surface area (Å²) in [6.07, 6.45) is 5.06. The van der Waals surface area contributed by atoms with Crippen molar-refractivity contribution >= 4 is 17.5 Å². The molecule has 0 aliphatic carbocycles. The van der Waals surface area contributed by atoms with Crippen LogP contribution in [0.15, 0.2) is 42.9 Å². The maximum Gasteiger partial charge on any atom is 0.255 e. The SMILES string of the molecule is CCc1ncncc1C(=O)NC1CCCN(c2ccccc2)C1=O. The fourth-order valence-corrected chi connectivity index (χ4v) is 2.94. The lowest BCUT2D eigenvalue weighted by molar-refractivity contribution is -0.121. The van der Waals surface area contributed by atoms with E-state index < -0.39 is 6.04 Å². The molecule has 1 aromatic carbocycles. The molecule has 124 valence electrons. The molecule has 1 atom stereocenters. The van der Waals surface area contributed by atoms with Crippen molar-refractivity contribution in [3.8, 4) is 0 Å². The summed E-state index contributed by atoms with van der Waals surface area (Å²) in [4.78, 5) is 35.0. The van der Waals surface area contributed by atoms with Crippen molar-refractivity contribution in [1.29, 1.82) is 0 Å². The zero-order valence-electron chi connectivity index (χ0n) is 13.6. The Morgan fingerprint density at radius 2 is 2.12 bits per heavy atom. The van der Waals surface area contributed by atoms with Crippen LogP contribution in [0.3, 0.4) is 0 Å². The number of nitrogens with zero attached hydrogens (tertiary/aromatic N) is 3. The van der Waals surface area contributed by atoms with Gasteiger partial charge in [0.1, 0.15) is 12.4 Å². The van der Waals surface area contributed by atoms with E-state index in [1.807, 2.05) is 37.3 Å². The molecule has 6 heteroatoms. The molecule has 2 heterocycles. The van der Waals surface area contributed by atoms with Gasteiger partial charge >= 0.3 is 0 Å². The van der Waals surface area contributed by atoms with Crippen molar-refractivity contribution in [3.05, 3.63) is 54.1 Å². The van der Waals surface area contributed by atoms with E-state index in [4.69, 9.17) is 0 Å². The number of piperidine rings is 1. The van der Waals surface area contributed by atoms with E-state index in [1.54, 1.807) is 4.90 Å². The van der Waals surface area contributed by atoms with Gasteiger partial charge in [-0.3, -0.25) is 9.59 Å². The van der Waals surface area contributed by atoms with Crippen LogP contribution in [0.25, 0.3) is 0 Å². The molecule has 1 aromatic heterocycles. The molecule has 6 nitrogen and oxygen atoms in total. The minimum absolute atomic E-state index is 0.0734. The minimum Gasteiger partial charge on any atom is -0.340 e. The summed E-state index contributed by atoms with van der Waals surface area (Å²) < 4.78 is 0. The standard InChI is InChI=1S/C18H20N4O2/c1-2-15-14(11-19-12-20-15)17(23)21-16-9-6-10-22(18(16)24)13-7-4-3-5-8-13/h3-5,7-8,11-12,16H,2,6,9-10H2,1H3,(H,21,23). The second-order valence-electron chi connectivity index (χ2n) is 5.73. The number of carbonyl (C=O) groups excluding carboxylic acids is 2. The first-order valence-electron chi connectivity index (χ1n) is 8.17. The maximum absolute atomic E-state index is 12.7. The zero-order chi connectivity index (χ0) is 16.9. The van der Waals surface area contributed by atoms with Crippen LogP contribution in [0.1, 0.15) is 35.8 Å². The highest BCUT2D eigenvalue weighted by Gasteiger charge is 2.31. The largest absolute Gasteiger partial charge is 0.340 e. The molecule has 0 radical (unpaired) electrons. The Bertz CT molecular complexity index is 733. The van der Waals surface area contributed by atoms with Gasteiger partial charge in [0.15, 0.2) is 0 Å². The summed E-state index contributed by atoms with van der Waals surface area (Å²) in [5, 5.41) is 2.85. The lowest BCUT2D eigenvalue weighted by atomic mass is 10.0. The molecule has 1 aliphatic heterocycles. The van der Waals surface area contributed by atoms with Crippen LogP contribution in [0.5, 0.6) is 0 Å². The minimum atomic E-state index is -0.517. The quantitative estimate of drug-likeness (QED) is 0.933. The Balaban J connectivity index is 1.75. The summed E-state index contributed by atoms with van der Waals surface area (Å²) in [6.45, 7) is 2.60. The average molecular weight is 324 g/mol. The lowest BCUT2D eigenvalue weighted by Crippen LogP contribution is -2.52. The van der Waals surface area contributed by atoms with Gasteiger partial charge in [-0.05, 0) is 31.4 Å². The highest BCUT2D eigenvalue weighted by molar-refractivity contribution is 6.03. The number of nitrogens with one attached hydrogen (secondary N) is 1. The summed E-state index contributed by atoms with van der Waals surface area (Å²) in [7, 11) is 0. The molecule has 3 rings (SSSR count). The van der Waals surface area contributed by atoms with Crippen molar-refractivity contribution in [3.63, 3.8) is 0 Å². The van der Waals surface area contributed by atoms with Gasteiger partial charge in [0.05, 0.1) is 11.3 Å². The fraction of sp³-hybridized carbons (Fsp3) is 0.333. The molecule has 24 heavy (non-hydrogen) atoms. The first kappa shape index (κ1) is 16.1. The topological polar surface area (TPSA) is 75.2 Å². The van der Waals surface area contributed by atoms with Crippen LogP contribution in [0, 0.1) is 0 Å². The number of amides is 2. The van der Waals surface area contributed by atoms with Crippen LogP contribution in [0.2, 0.25) is 0 Å². The van der Waals surface area contributed by atoms with Gasteiger partial charge in [0, 0.05) is 18.4 Å². The summed E-state index contributed by atoms with van der Waals surface area (Å²) in [5.41, 5.74) is 1.98. The number of para-hydroxylation sites is 1. The van der Waals surface area contributed by atoms with Crippen LogP contribution in [-0.4, -0.2) is 34.4 Å². The molecule has 0 bridgehead atoms. The first-order chi connectivity index (χ1) is 11.7. The van der Waals surface area contributed by atoms with Gasteiger partial charge in [0.2, 0.25) is 5.91 Å². The fourth-order valence-electron chi connectivity index (χ4n) is 2.94. The van der Waals surface area contributed by atoms with Gasteiger partial charge in [-0.25, -0.2) is 9.97 Å². The van der Waals surface area contributed by atoms with E-state index >= 15 is 0 Å². The number of hydrogen-bond donors (Lipinski definition) is 1. The van der Waals surface area contributed by atoms with Crippen molar-refractivity contribution in [1.82, 2.24) is 15.3 Å². The van der Waals surface area contributed by atoms with Gasteiger partial charge in [-0.15, -0.1) is 0 Å². The molecule has 1 saturated heterocycles.